The molecule has 0 atom stereocenters. The second-order valence-electron chi connectivity index (χ2n) is 5.48. The molecule has 3 aromatic rings. The number of aromatic amines is 1. The molecule has 2 heterocycles. The number of carbonyl (C=O) groups excluding carboxylic acids is 1. The van der Waals surface area contributed by atoms with Crippen LogP contribution in [0.4, 0.5) is 0 Å². The van der Waals surface area contributed by atoms with Crippen molar-refractivity contribution in [1.82, 2.24) is 24.8 Å². The molecule has 114 valence electrons. The maximum absolute atomic E-state index is 12.0. The highest BCUT2D eigenvalue weighted by atomic mass is 16.1. The van der Waals surface area contributed by atoms with Crippen LogP contribution in [0.25, 0.3) is 11.0 Å². The predicted molar refractivity (Wildman–Crippen MR) is 84.8 cm³/mol. The number of rotatable bonds is 4. The Bertz CT molecular complexity index is 830. The van der Waals surface area contributed by atoms with Gasteiger partial charge in [0.05, 0.1) is 23.6 Å². The molecule has 0 aliphatic heterocycles. The lowest BCUT2D eigenvalue weighted by Gasteiger charge is -2.03. The number of aromatic nitrogens is 4. The average molecular weight is 297 g/mol. The molecule has 0 unspecified atom stereocenters. The number of benzene rings is 1. The number of H-pyrrole nitrogens is 1. The Labute approximate surface area is 128 Å². The van der Waals surface area contributed by atoms with E-state index in [1.165, 1.54) is 11.1 Å². The molecule has 0 spiro atoms. The van der Waals surface area contributed by atoms with Crippen LogP contribution in [0.3, 0.4) is 0 Å². The van der Waals surface area contributed by atoms with Crippen molar-refractivity contribution in [3.8, 4) is 0 Å². The molecule has 0 aliphatic rings. The number of aryl methyl sites for hydroxylation is 3. The van der Waals surface area contributed by atoms with Gasteiger partial charge in [0.1, 0.15) is 11.5 Å². The lowest BCUT2D eigenvalue weighted by atomic mass is 10.1. The summed E-state index contributed by atoms with van der Waals surface area (Å²) in [4.78, 5) is 23.9. The van der Waals surface area contributed by atoms with Crippen LogP contribution in [0.15, 0.2) is 24.7 Å². The third-order valence-electron chi connectivity index (χ3n) is 3.92. The Balaban J connectivity index is 1.66. The molecule has 0 fully saturated rings. The molecule has 2 N–H and O–H groups in total. The molecule has 6 heteroatoms. The van der Waals surface area contributed by atoms with E-state index < -0.39 is 0 Å². The van der Waals surface area contributed by atoms with Crippen LogP contribution < -0.4 is 5.32 Å². The summed E-state index contributed by atoms with van der Waals surface area (Å²) in [6, 6.07) is 4.13. The van der Waals surface area contributed by atoms with E-state index in [1.807, 2.05) is 6.07 Å². The summed E-state index contributed by atoms with van der Waals surface area (Å²) in [6.07, 6.45) is 3.83. The number of hydrogen-bond acceptors (Lipinski definition) is 3. The minimum absolute atomic E-state index is 0.122. The highest BCUT2D eigenvalue weighted by Gasteiger charge is 2.10. The molecule has 3 rings (SSSR count). The van der Waals surface area contributed by atoms with Crippen LogP contribution in [0.2, 0.25) is 0 Å². The first kappa shape index (κ1) is 14.3. The molecule has 0 radical (unpaired) electrons. The zero-order chi connectivity index (χ0) is 15.7. The van der Waals surface area contributed by atoms with Gasteiger partial charge in [-0.3, -0.25) is 4.79 Å². The summed E-state index contributed by atoms with van der Waals surface area (Å²) in [5.41, 5.74) is 5.02. The van der Waals surface area contributed by atoms with Gasteiger partial charge < -0.3 is 14.9 Å². The van der Waals surface area contributed by atoms with E-state index in [9.17, 15) is 4.79 Å². The second kappa shape index (κ2) is 5.63. The monoisotopic (exact) mass is 297 g/mol. The Morgan fingerprint density at radius 3 is 2.91 bits per heavy atom. The normalized spacial score (nSPS) is 11.0. The standard InChI is InChI=1S/C16H19N5O/c1-10-4-5-12-15(11(10)2)20-14(19-12)6-7-18-16(22)13-8-17-9-21(13)3/h4-5,8-9H,6-7H2,1-3H3,(H,18,22)(H,19,20). The minimum atomic E-state index is -0.122. The maximum atomic E-state index is 12.0. The zero-order valence-corrected chi connectivity index (χ0v) is 13.0. The molecule has 0 saturated heterocycles. The molecule has 6 nitrogen and oxygen atoms in total. The molecule has 22 heavy (non-hydrogen) atoms. The van der Waals surface area contributed by atoms with Gasteiger partial charge in [0.25, 0.3) is 5.91 Å². The lowest BCUT2D eigenvalue weighted by Crippen LogP contribution is -2.27. The van der Waals surface area contributed by atoms with E-state index >= 15 is 0 Å². The van der Waals surface area contributed by atoms with Crippen LogP contribution in [0, 0.1) is 13.8 Å². The molecule has 0 saturated carbocycles. The van der Waals surface area contributed by atoms with Crippen LogP contribution in [-0.4, -0.2) is 32.0 Å². The maximum Gasteiger partial charge on any atom is 0.269 e. The van der Waals surface area contributed by atoms with E-state index in [-0.39, 0.29) is 5.91 Å². The van der Waals surface area contributed by atoms with E-state index in [4.69, 9.17) is 0 Å². The van der Waals surface area contributed by atoms with Gasteiger partial charge in [0.15, 0.2) is 0 Å². The Morgan fingerprint density at radius 1 is 1.36 bits per heavy atom. The molecule has 2 aromatic heterocycles. The van der Waals surface area contributed by atoms with Gasteiger partial charge >= 0.3 is 0 Å². The first-order chi connectivity index (χ1) is 10.6. The first-order valence-electron chi connectivity index (χ1n) is 7.25. The first-order valence-corrected chi connectivity index (χ1v) is 7.25. The Kier molecular flexibility index (Phi) is 3.66. The highest BCUT2D eigenvalue weighted by Crippen LogP contribution is 2.19. The molecule has 1 aromatic carbocycles. The Morgan fingerprint density at radius 2 is 2.18 bits per heavy atom. The fourth-order valence-electron chi connectivity index (χ4n) is 2.44. The van der Waals surface area contributed by atoms with Gasteiger partial charge in [0, 0.05) is 20.0 Å². The third kappa shape index (κ3) is 2.59. The average Bonchev–Trinajstić information content (AvgIpc) is 3.09. The van der Waals surface area contributed by atoms with Crippen LogP contribution in [0.1, 0.15) is 27.4 Å². The highest BCUT2D eigenvalue weighted by molar-refractivity contribution is 5.92. The summed E-state index contributed by atoms with van der Waals surface area (Å²) < 4.78 is 1.70. The summed E-state index contributed by atoms with van der Waals surface area (Å²) in [7, 11) is 1.80. The van der Waals surface area contributed by atoms with Gasteiger partial charge in [-0.15, -0.1) is 0 Å². The lowest BCUT2D eigenvalue weighted by molar-refractivity contribution is 0.0946. The zero-order valence-electron chi connectivity index (χ0n) is 13.0. The van der Waals surface area contributed by atoms with E-state index in [0.717, 1.165) is 16.9 Å². The van der Waals surface area contributed by atoms with Crippen LogP contribution >= 0.6 is 0 Å². The quantitative estimate of drug-likeness (QED) is 0.772. The van der Waals surface area contributed by atoms with Crippen LogP contribution in [0.5, 0.6) is 0 Å². The topological polar surface area (TPSA) is 75.6 Å². The van der Waals surface area contributed by atoms with Crippen molar-refractivity contribution in [1.29, 1.82) is 0 Å². The van der Waals surface area contributed by atoms with Crippen molar-refractivity contribution in [3.05, 3.63) is 47.3 Å². The smallest absolute Gasteiger partial charge is 0.269 e. The molecular weight excluding hydrogens is 278 g/mol. The summed E-state index contributed by atoms with van der Waals surface area (Å²) in [6.45, 7) is 4.69. The van der Waals surface area contributed by atoms with Gasteiger partial charge in [-0.25, -0.2) is 9.97 Å². The molecule has 0 bridgehead atoms. The van der Waals surface area contributed by atoms with E-state index in [1.54, 1.807) is 24.1 Å². The number of imidazole rings is 2. The Hall–Kier alpha value is -2.63. The number of amides is 1. The number of hydrogen-bond donors (Lipinski definition) is 2. The van der Waals surface area contributed by atoms with Crippen molar-refractivity contribution in [2.45, 2.75) is 20.3 Å². The third-order valence-corrected chi connectivity index (χ3v) is 3.92. The number of nitrogens with one attached hydrogen (secondary N) is 2. The minimum Gasteiger partial charge on any atom is -0.350 e. The summed E-state index contributed by atoms with van der Waals surface area (Å²) in [5, 5.41) is 2.88. The van der Waals surface area contributed by atoms with Crippen molar-refractivity contribution in [2.24, 2.45) is 7.05 Å². The molecule has 0 aliphatic carbocycles. The van der Waals surface area contributed by atoms with Gasteiger partial charge in [-0.2, -0.15) is 0 Å². The number of carbonyl (C=O) groups is 1. The van der Waals surface area contributed by atoms with Crippen molar-refractivity contribution in [2.75, 3.05) is 6.54 Å². The SMILES string of the molecule is Cc1ccc2[nH]c(CCNC(=O)c3cncn3C)nc2c1C. The largest absolute Gasteiger partial charge is 0.350 e. The number of nitrogens with zero attached hydrogens (tertiary/aromatic N) is 3. The summed E-state index contributed by atoms with van der Waals surface area (Å²) in [5.74, 6) is 0.761. The van der Waals surface area contributed by atoms with Crippen molar-refractivity contribution >= 4 is 16.9 Å². The predicted octanol–water partition coefficient (Wildman–Crippen LogP) is 1.89. The van der Waals surface area contributed by atoms with Crippen molar-refractivity contribution in [3.63, 3.8) is 0 Å². The molecule has 1 amide bonds. The fraction of sp³-hybridized carbons (Fsp3) is 0.312. The molecular formula is C16H19N5O. The summed E-state index contributed by atoms with van der Waals surface area (Å²) >= 11 is 0. The van der Waals surface area contributed by atoms with Crippen molar-refractivity contribution < 1.29 is 4.79 Å². The van der Waals surface area contributed by atoms with E-state index in [0.29, 0.717) is 18.7 Å². The van der Waals surface area contributed by atoms with Gasteiger partial charge in [0.2, 0.25) is 0 Å². The number of fused-ring (bicyclic) bond motifs is 1. The van der Waals surface area contributed by atoms with E-state index in [2.05, 4.69) is 40.2 Å². The fourth-order valence-corrected chi connectivity index (χ4v) is 2.44. The van der Waals surface area contributed by atoms with Crippen LogP contribution in [-0.2, 0) is 13.5 Å². The van der Waals surface area contributed by atoms with Gasteiger partial charge in [-0.05, 0) is 31.0 Å². The van der Waals surface area contributed by atoms with Gasteiger partial charge in [-0.1, -0.05) is 6.07 Å². The second-order valence-corrected chi connectivity index (χ2v) is 5.48.